The first-order valence-electron chi connectivity index (χ1n) is 4.96. The number of hydrogen-bond acceptors (Lipinski definition) is 4. The molecule has 0 aliphatic heterocycles. The Morgan fingerprint density at radius 3 is 2.75 bits per heavy atom. The summed E-state index contributed by atoms with van der Waals surface area (Å²) in [5.41, 5.74) is 0. The second-order valence-electron chi connectivity index (χ2n) is 3.89. The molecule has 0 bridgehead atoms. The quantitative estimate of drug-likeness (QED) is 0.774. The smallest absolute Gasteiger partial charge is 0.326 e. The molecule has 0 fully saturated rings. The van der Waals surface area contributed by atoms with Crippen LogP contribution in [0.4, 0.5) is 5.82 Å². The molecule has 0 amide bonds. The number of aliphatic carboxylic acids is 1. The van der Waals surface area contributed by atoms with E-state index in [4.69, 9.17) is 16.7 Å². The molecule has 0 saturated heterocycles. The van der Waals surface area contributed by atoms with Gasteiger partial charge in [0, 0.05) is 6.07 Å². The van der Waals surface area contributed by atoms with Crippen LogP contribution in [0.25, 0.3) is 0 Å². The van der Waals surface area contributed by atoms with Crippen LogP contribution in [0.3, 0.4) is 0 Å². The second-order valence-corrected chi connectivity index (χ2v) is 4.28. The van der Waals surface area contributed by atoms with E-state index in [2.05, 4.69) is 15.3 Å². The predicted molar refractivity (Wildman–Crippen MR) is 61.5 cm³/mol. The third-order valence-electron chi connectivity index (χ3n) is 1.96. The lowest BCUT2D eigenvalue weighted by atomic mass is 10.0. The summed E-state index contributed by atoms with van der Waals surface area (Å²) in [5, 5.41) is 12.1. The van der Waals surface area contributed by atoms with Crippen molar-refractivity contribution >= 4 is 23.4 Å². The van der Waals surface area contributed by atoms with Gasteiger partial charge in [0.1, 0.15) is 23.3 Å². The first-order chi connectivity index (χ1) is 7.49. The van der Waals surface area contributed by atoms with Gasteiger partial charge in [0.05, 0.1) is 0 Å². The summed E-state index contributed by atoms with van der Waals surface area (Å²) < 4.78 is 0. The zero-order chi connectivity index (χ0) is 12.1. The lowest BCUT2D eigenvalue weighted by Gasteiger charge is -2.16. The van der Waals surface area contributed by atoms with Crippen LogP contribution in [-0.4, -0.2) is 27.1 Å². The molecular weight excluding hydrogens is 230 g/mol. The van der Waals surface area contributed by atoms with Gasteiger partial charge in [0.25, 0.3) is 0 Å². The number of carboxylic acids is 1. The van der Waals surface area contributed by atoms with Gasteiger partial charge in [0.2, 0.25) is 0 Å². The van der Waals surface area contributed by atoms with Crippen molar-refractivity contribution in [1.82, 2.24) is 9.97 Å². The summed E-state index contributed by atoms with van der Waals surface area (Å²) in [5.74, 6) is -0.192. The minimum absolute atomic E-state index is 0.283. The van der Waals surface area contributed by atoms with E-state index in [0.717, 1.165) is 0 Å². The molecule has 0 spiro atoms. The minimum Gasteiger partial charge on any atom is -0.480 e. The highest BCUT2D eigenvalue weighted by molar-refractivity contribution is 6.29. The van der Waals surface area contributed by atoms with Gasteiger partial charge in [-0.15, -0.1) is 0 Å². The molecule has 2 N–H and O–H groups in total. The number of carbonyl (C=O) groups is 1. The Kier molecular flexibility index (Phi) is 4.49. The molecule has 88 valence electrons. The largest absolute Gasteiger partial charge is 0.480 e. The molecule has 1 aromatic rings. The summed E-state index contributed by atoms with van der Waals surface area (Å²) in [6, 6.07) is 0.837. The molecule has 1 aromatic heterocycles. The van der Waals surface area contributed by atoms with E-state index in [1.54, 1.807) is 0 Å². The summed E-state index contributed by atoms with van der Waals surface area (Å²) >= 11 is 5.68. The highest BCUT2D eigenvalue weighted by atomic mass is 35.5. The van der Waals surface area contributed by atoms with E-state index in [0.29, 0.717) is 12.2 Å². The first kappa shape index (κ1) is 12.7. The van der Waals surface area contributed by atoms with Crippen LogP contribution in [-0.2, 0) is 4.79 Å². The maximum absolute atomic E-state index is 11.0. The fourth-order valence-electron chi connectivity index (χ4n) is 1.28. The molecule has 1 atom stereocenters. The Balaban J connectivity index is 2.71. The number of nitrogens with one attached hydrogen (secondary N) is 1. The molecule has 0 saturated carbocycles. The monoisotopic (exact) mass is 243 g/mol. The van der Waals surface area contributed by atoms with Gasteiger partial charge in [-0.1, -0.05) is 25.4 Å². The second kappa shape index (κ2) is 5.65. The van der Waals surface area contributed by atoms with Crippen LogP contribution in [0.2, 0.25) is 5.15 Å². The van der Waals surface area contributed by atoms with Gasteiger partial charge in [-0.25, -0.2) is 14.8 Å². The number of hydrogen-bond donors (Lipinski definition) is 2. The SMILES string of the molecule is CC(C)CC(Nc1cc(Cl)ncn1)C(=O)O. The van der Waals surface area contributed by atoms with Gasteiger partial charge in [-0.2, -0.15) is 0 Å². The summed E-state index contributed by atoms with van der Waals surface area (Å²) in [4.78, 5) is 18.6. The average molecular weight is 244 g/mol. The van der Waals surface area contributed by atoms with E-state index < -0.39 is 12.0 Å². The van der Waals surface area contributed by atoms with Crippen molar-refractivity contribution in [3.8, 4) is 0 Å². The Hall–Kier alpha value is -1.36. The maximum Gasteiger partial charge on any atom is 0.326 e. The van der Waals surface area contributed by atoms with Crippen molar-refractivity contribution < 1.29 is 9.90 Å². The standard InChI is InChI=1S/C10H14ClN3O2/c1-6(2)3-7(10(15)16)14-9-4-8(11)12-5-13-9/h4-7H,3H2,1-2H3,(H,15,16)(H,12,13,14). The zero-order valence-electron chi connectivity index (χ0n) is 9.14. The molecule has 0 aliphatic carbocycles. The van der Waals surface area contributed by atoms with E-state index in [9.17, 15) is 4.79 Å². The fraction of sp³-hybridized carbons (Fsp3) is 0.500. The number of aromatic nitrogens is 2. The van der Waals surface area contributed by atoms with E-state index in [-0.39, 0.29) is 11.1 Å². The van der Waals surface area contributed by atoms with Gasteiger partial charge >= 0.3 is 5.97 Å². The van der Waals surface area contributed by atoms with Crippen LogP contribution in [0, 0.1) is 5.92 Å². The number of anilines is 1. The third-order valence-corrected chi connectivity index (χ3v) is 2.17. The molecular formula is C10H14ClN3O2. The molecule has 0 aromatic carbocycles. The van der Waals surface area contributed by atoms with Crippen molar-refractivity contribution in [2.45, 2.75) is 26.3 Å². The predicted octanol–water partition coefficient (Wildman–Crippen LogP) is 2.04. The Bertz CT molecular complexity index is 371. The van der Waals surface area contributed by atoms with Gasteiger partial charge in [-0.05, 0) is 12.3 Å². The van der Waals surface area contributed by atoms with Crippen molar-refractivity contribution in [1.29, 1.82) is 0 Å². The Morgan fingerprint density at radius 2 is 2.25 bits per heavy atom. The van der Waals surface area contributed by atoms with Crippen LogP contribution in [0.5, 0.6) is 0 Å². The molecule has 0 radical (unpaired) electrons. The summed E-state index contributed by atoms with van der Waals surface area (Å²) in [7, 11) is 0. The van der Waals surface area contributed by atoms with E-state index >= 15 is 0 Å². The Labute approximate surface area is 98.9 Å². The topological polar surface area (TPSA) is 75.1 Å². The van der Waals surface area contributed by atoms with Crippen molar-refractivity contribution in [2.75, 3.05) is 5.32 Å². The molecule has 1 heterocycles. The van der Waals surface area contributed by atoms with Gasteiger partial charge < -0.3 is 10.4 Å². The minimum atomic E-state index is -0.900. The number of carboxylic acid groups (broad SMARTS) is 1. The molecule has 16 heavy (non-hydrogen) atoms. The Morgan fingerprint density at radius 1 is 1.56 bits per heavy atom. The van der Waals surface area contributed by atoms with Crippen LogP contribution < -0.4 is 5.32 Å². The van der Waals surface area contributed by atoms with Crippen LogP contribution in [0.15, 0.2) is 12.4 Å². The van der Waals surface area contributed by atoms with Crippen molar-refractivity contribution in [2.24, 2.45) is 5.92 Å². The molecule has 1 rings (SSSR count). The van der Waals surface area contributed by atoms with Gasteiger partial charge in [0.15, 0.2) is 0 Å². The van der Waals surface area contributed by atoms with Crippen LogP contribution >= 0.6 is 11.6 Å². The summed E-state index contributed by atoms with van der Waals surface area (Å²) in [6.45, 7) is 3.93. The van der Waals surface area contributed by atoms with E-state index in [1.165, 1.54) is 12.4 Å². The van der Waals surface area contributed by atoms with Crippen molar-refractivity contribution in [3.63, 3.8) is 0 Å². The normalized spacial score (nSPS) is 12.5. The highest BCUT2D eigenvalue weighted by Gasteiger charge is 2.18. The third kappa shape index (κ3) is 4.02. The maximum atomic E-state index is 11.0. The van der Waals surface area contributed by atoms with E-state index in [1.807, 2.05) is 13.8 Å². The highest BCUT2D eigenvalue weighted by Crippen LogP contribution is 2.13. The van der Waals surface area contributed by atoms with Gasteiger partial charge in [-0.3, -0.25) is 0 Å². The fourth-order valence-corrected chi connectivity index (χ4v) is 1.43. The lowest BCUT2D eigenvalue weighted by molar-refractivity contribution is -0.138. The molecule has 0 aliphatic rings. The average Bonchev–Trinajstić information content (AvgIpc) is 2.15. The zero-order valence-corrected chi connectivity index (χ0v) is 9.90. The number of halogens is 1. The first-order valence-corrected chi connectivity index (χ1v) is 5.33. The lowest BCUT2D eigenvalue weighted by Crippen LogP contribution is -2.31. The number of rotatable bonds is 5. The number of nitrogens with zero attached hydrogens (tertiary/aromatic N) is 2. The molecule has 5 nitrogen and oxygen atoms in total. The molecule has 1 unspecified atom stereocenters. The molecule has 6 heteroatoms. The van der Waals surface area contributed by atoms with Crippen molar-refractivity contribution in [3.05, 3.63) is 17.5 Å². The summed E-state index contributed by atoms with van der Waals surface area (Å²) in [6.07, 6.45) is 1.82. The van der Waals surface area contributed by atoms with Crippen LogP contribution in [0.1, 0.15) is 20.3 Å².